The molecule has 1 fully saturated rings. The molecular weight excluding hydrogens is 421 g/mol. The van der Waals surface area contributed by atoms with Crippen molar-refractivity contribution in [2.45, 2.75) is 19.0 Å². The third-order valence-electron chi connectivity index (χ3n) is 5.42. The molecule has 0 aromatic heterocycles. The smallest absolute Gasteiger partial charge is 0.319 e. The first-order chi connectivity index (χ1) is 14.3. The van der Waals surface area contributed by atoms with Crippen LogP contribution in [0, 0.1) is 0 Å². The summed E-state index contributed by atoms with van der Waals surface area (Å²) in [5, 5.41) is 5.94. The van der Waals surface area contributed by atoms with Gasteiger partial charge in [-0.25, -0.2) is 9.69 Å². The minimum Gasteiger partial charge on any atom is -0.319 e. The Kier molecular flexibility index (Phi) is 5.45. The molecule has 0 radical (unpaired) electrons. The first-order valence-corrected chi connectivity index (χ1v) is 10.3. The molecule has 0 saturated carbocycles. The molecule has 1 saturated heterocycles. The Morgan fingerprint density at radius 2 is 1.70 bits per heavy atom. The van der Waals surface area contributed by atoms with E-state index in [1.165, 1.54) is 4.90 Å². The van der Waals surface area contributed by atoms with E-state index in [4.69, 9.17) is 23.2 Å². The highest BCUT2D eigenvalue weighted by molar-refractivity contribution is 6.42. The van der Waals surface area contributed by atoms with Crippen molar-refractivity contribution >= 4 is 45.9 Å². The summed E-state index contributed by atoms with van der Waals surface area (Å²) in [6.45, 7) is 2.42. The van der Waals surface area contributed by atoms with Crippen LogP contribution in [0.5, 0.6) is 0 Å². The van der Waals surface area contributed by atoms with Gasteiger partial charge in [-0.05, 0) is 54.1 Å². The van der Waals surface area contributed by atoms with E-state index in [2.05, 4.69) is 5.32 Å². The molecule has 154 valence electrons. The summed E-state index contributed by atoms with van der Waals surface area (Å²) >= 11 is 12.0. The molecule has 1 atom stereocenters. The van der Waals surface area contributed by atoms with Crippen LogP contribution in [0.3, 0.4) is 0 Å². The molecule has 1 heterocycles. The number of imide groups is 1. The SMILES string of the molecule is CN(Cc1ccc(Cl)c(Cl)c1)CN1C(=O)N[C@](C)(c2ccc3ccccc3c2)C1=O. The number of urea groups is 1. The number of amides is 3. The molecule has 0 unspecified atom stereocenters. The number of rotatable bonds is 5. The summed E-state index contributed by atoms with van der Waals surface area (Å²) in [5.41, 5.74) is 0.594. The van der Waals surface area contributed by atoms with Crippen molar-refractivity contribution in [2.75, 3.05) is 13.7 Å². The molecule has 1 aliphatic heterocycles. The number of carbonyl (C=O) groups is 2. The van der Waals surface area contributed by atoms with Crippen LogP contribution in [0.4, 0.5) is 4.79 Å². The minimum atomic E-state index is -1.11. The zero-order valence-electron chi connectivity index (χ0n) is 16.7. The third kappa shape index (κ3) is 3.76. The number of benzene rings is 3. The highest BCUT2D eigenvalue weighted by Gasteiger charge is 2.49. The second-order valence-corrected chi connectivity index (χ2v) is 8.57. The van der Waals surface area contributed by atoms with E-state index >= 15 is 0 Å². The molecule has 4 rings (SSSR count). The van der Waals surface area contributed by atoms with Gasteiger partial charge in [0.2, 0.25) is 0 Å². The minimum absolute atomic E-state index is 0.161. The summed E-state index contributed by atoms with van der Waals surface area (Å²) in [7, 11) is 1.84. The van der Waals surface area contributed by atoms with E-state index in [1.807, 2.05) is 60.5 Å². The summed E-state index contributed by atoms with van der Waals surface area (Å²) in [6, 6.07) is 18.7. The Hall–Kier alpha value is -2.60. The second-order valence-electron chi connectivity index (χ2n) is 7.75. The Labute approximate surface area is 185 Å². The van der Waals surface area contributed by atoms with E-state index in [0.717, 1.165) is 21.9 Å². The lowest BCUT2D eigenvalue weighted by Gasteiger charge is -2.25. The molecule has 30 heavy (non-hydrogen) atoms. The zero-order valence-corrected chi connectivity index (χ0v) is 18.2. The molecule has 0 aliphatic carbocycles. The predicted molar refractivity (Wildman–Crippen MR) is 119 cm³/mol. The summed E-state index contributed by atoms with van der Waals surface area (Å²) in [4.78, 5) is 29.0. The molecule has 0 bridgehead atoms. The van der Waals surface area contributed by atoms with Gasteiger partial charge in [-0.3, -0.25) is 9.69 Å². The maximum absolute atomic E-state index is 13.2. The molecule has 3 aromatic carbocycles. The van der Waals surface area contributed by atoms with Crippen molar-refractivity contribution < 1.29 is 9.59 Å². The molecular formula is C23H21Cl2N3O2. The number of hydrogen-bond acceptors (Lipinski definition) is 3. The van der Waals surface area contributed by atoms with Gasteiger partial charge in [0.05, 0.1) is 16.7 Å². The van der Waals surface area contributed by atoms with Crippen molar-refractivity contribution in [1.29, 1.82) is 0 Å². The van der Waals surface area contributed by atoms with Gasteiger partial charge in [0.1, 0.15) is 5.54 Å². The Morgan fingerprint density at radius 3 is 2.43 bits per heavy atom. The monoisotopic (exact) mass is 441 g/mol. The van der Waals surface area contributed by atoms with Gasteiger partial charge in [-0.1, -0.05) is 65.7 Å². The predicted octanol–water partition coefficient (Wildman–Crippen LogP) is 5.00. The third-order valence-corrected chi connectivity index (χ3v) is 6.16. The van der Waals surface area contributed by atoms with Gasteiger partial charge in [0.25, 0.3) is 5.91 Å². The van der Waals surface area contributed by atoms with Gasteiger partial charge in [0, 0.05) is 6.54 Å². The van der Waals surface area contributed by atoms with Gasteiger partial charge in [-0.2, -0.15) is 0 Å². The number of halogens is 2. The van der Waals surface area contributed by atoms with Crippen LogP contribution in [0.2, 0.25) is 10.0 Å². The molecule has 1 aliphatic rings. The Morgan fingerprint density at radius 1 is 0.967 bits per heavy atom. The molecule has 5 nitrogen and oxygen atoms in total. The van der Waals surface area contributed by atoms with Gasteiger partial charge >= 0.3 is 6.03 Å². The lowest BCUT2D eigenvalue weighted by molar-refractivity contribution is -0.132. The Balaban J connectivity index is 1.53. The Bertz CT molecular complexity index is 1150. The first kappa shape index (κ1) is 20.7. The molecule has 0 spiro atoms. The van der Waals surface area contributed by atoms with Gasteiger partial charge in [-0.15, -0.1) is 0 Å². The van der Waals surface area contributed by atoms with E-state index < -0.39 is 11.6 Å². The first-order valence-electron chi connectivity index (χ1n) is 9.54. The normalized spacial score (nSPS) is 19.0. The van der Waals surface area contributed by atoms with Crippen LogP contribution in [-0.4, -0.2) is 35.5 Å². The summed E-state index contributed by atoms with van der Waals surface area (Å²) < 4.78 is 0. The highest BCUT2D eigenvalue weighted by atomic mass is 35.5. The fourth-order valence-corrected chi connectivity index (χ4v) is 4.08. The average Bonchev–Trinajstić information content (AvgIpc) is 2.94. The van der Waals surface area contributed by atoms with Crippen molar-refractivity contribution in [3.05, 3.63) is 81.8 Å². The van der Waals surface area contributed by atoms with Crippen LogP contribution in [0.1, 0.15) is 18.1 Å². The molecule has 1 N–H and O–H groups in total. The lowest BCUT2D eigenvalue weighted by atomic mass is 9.90. The van der Waals surface area contributed by atoms with Crippen LogP contribution in [-0.2, 0) is 16.9 Å². The van der Waals surface area contributed by atoms with Gasteiger partial charge < -0.3 is 5.32 Å². The zero-order chi connectivity index (χ0) is 21.5. The molecule has 3 amide bonds. The number of fused-ring (bicyclic) bond motifs is 1. The summed E-state index contributed by atoms with van der Waals surface area (Å²) in [5.74, 6) is -0.274. The van der Waals surface area contributed by atoms with Crippen molar-refractivity contribution in [1.82, 2.24) is 15.1 Å². The van der Waals surface area contributed by atoms with E-state index in [0.29, 0.717) is 16.6 Å². The number of hydrogen-bond donors (Lipinski definition) is 1. The largest absolute Gasteiger partial charge is 0.326 e. The van der Waals surface area contributed by atoms with E-state index in [-0.39, 0.29) is 12.6 Å². The van der Waals surface area contributed by atoms with E-state index in [1.54, 1.807) is 19.1 Å². The lowest BCUT2D eigenvalue weighted by Crippen LogP contribution is -2.42. The highest BCUT2D eigenvalue weighted by Crippen LogP contribution is 2.31. The van der Waals surface area contributed by atoms with Crippen molar-refractivity contribution in [3.63, 3.8) is 0 Å². The maximum Gasteiger partial charge on any atom is 0.326 e. The fraction of sp³-hybridized carbons (Fsp3) is 0.217. The standard InChI is InChI=1S/C23H21Cl2N3O2/c1-23(18-9-8-16-5-3-4-6-17(16)12-18)21(29)28(22(30)26-23)14-27(2)13-15-7-10-19(24)20(25)11-15/h3-12H,13-14H2,1-2H3,(H,26,30)/t23-/m1/s1. The fourth-order valence-electron chi connectivity index (χ4n) is 3.76. The van der Waals surface area contributed by atoms with Crippen molar-refractivity contribution in [3.8, 4) is 0 Å². The quantitative estimate of drug-likeness (QED) is 0.566. The maximum atomic E-state index is 13.2. The second kappa shape index (κ2) is 7.91. The summed E-state index contributed by atoms with van der Waals surface area (Å²) in [6.07, 6.45) is 0. The number of carbonyl (C=O) groups excluding carboxylic acids is 2. The van der Waals surface area contributed by atoms with Crippen LogP contribution in [0.25, 0.3) is 10.8 Å². The van der Waals surface area contributed by atoms with Crippen LogP contribution in [0.15, 0.2) is 60.7 Å². The topological polar surface area (TPSA) is 52.6 Å². The van der Waals surface area contributed by atoms with Crippen LogP contribution >= 0.6 is 23.2 Å². The van der Waals surface area contributed by atoms with Crippen LogP contribution < -0.4 is 5.32 Å². The van der Waals surface area contributed by atoms with Gasteiger partial charge in [0.15, 0.2) is 0 Å². The number of nitrogens with zero attached hydrogens (tertiary/aromatic N) is 2. The van der Waals surface area contributed by atoms with Crippen molar-refractivity contribution in [2.24, 2.45) is 0 Å². The number of nitrogens with one attached hydrogen (secondary N) is 1. The molecule has 3 aromatic rings. The molecule has 7 heteroatoms. The van der Waals surface area contributed by atoms with E-state index in [9.17, 15) is 9.59 Å². The average molecular weight is 442 g/mol.